The number of fused-ring (bicyclic) bond motifs is 1. The van der Waals surface area contributed by atoms with Crippen LogP contribution in [0.3, 0.4) is 0 Å². The average molecular weight is 502 g/mol. The number of halogens is 1. The van der Waals surface area contributed by atoms with Gasteiger partial charge in [0.05, 0.1) is 19.8 Å². The maximum Gasteiger partial charge on any atom is 0.193 e. The summed E-state index contributed by atoms with van der Waals surface area (Å²) in [5, 5.41) is 3.20. The van der Waals surface area contributed by atoms with Gasteiger partial charge < -0.3 is 25.3 Å². The van der Waals surface area contributed by atoms with Crippen LogP contribution in [-0.2, 0) is 4.74 Å². The first-order valence-corrected chi connectivity index (χ1v) is 10.0. The van der Waals surface area contributed by atoms with Crippen molar-refractivity contribution in [1.82, 2.24) is 4.90 Å². The van der Waals surface area contributed by atoms with Gasteiger partial charge in [0.2, 0.25) is 0 Å². The number of benzene rings is 1. The summed E-state index contributed by atoms with van der Waals surface area (Å²) in [4.78, 5) is 7.30. The fraction of sp³-hybridized carbons (Fsp3) is 0.650. The predicted octanol–water partition coefficient (Wildman–Crippen LogP) is 2.84. The lowest BCUT2D eigenvalue weighted by Gasteiger charge is -2.43. The summed E-state index contributed by atoms with van der Waals surface area (Å²) in [6, 6.07) is 5.79. The quantitative estimate of drug-likeness (QED) is 0.375. The van der Waals surface area contributed by atoms with Crippen LogP contribution in [0.2, 0.25) is 0 Å². The molecule has 0 spiro atoms. The Labute approximate surface area is 184 Å². The summed E-state index contributed by atoms with van der Waals surface area (Å²) < 4.78 is 17.0. The zero-order chi connectivity index (χ0) is 18.5. The van der Waals surface area contributed by atoms with Crippen LogP contribution in [0.1, 0.15) is 32.1 Å². The zero-order valence-corrected chi connectivity index (χ0v) is 18.7. The highest BCUT2D eigenvalue weighted by atomic mass is 127. The van der Waals surface area contributed by atoms with Crippen molar-refractivity contribution in [3.8, 4) is 11.5 Å². The van der Waals surface area contributed by atoms with Gasteiger partial charge in [-0.15, -0.1) is 24.0 Å². The van der Waals surface area contributed by atoms with Gasteiger partial charge in [-0.1, -0.05) is 0 Å². The van der Waals surface area contributed by atoms with Crippen LogP contribution in [0.15, 0.2) is 23.2 Å². The molecule has 0 atom stereocenters. The Balaban J connectivity index is 0.00000225. The topological polar surface area (TPSA) is 81.3 Å². The van der Waals surface area contributed by atoms with E-state index < -0.39 is 0 Å². The van der Waals surface area contributed by atoms with E-state index >= 15 is 0 Å². The van der Waals surface area contributed by atoms with E-state index in [1.165, 1.54) is 12.8 Å². The van der Waals surface area contributed by atoms with E-state index in [0.717, 1.165) is 62.8 Å². The van der Waals surface area contributed by atoms with Crippen molar-refractivity contribution < 1.29 is 14.2 Å². The van der Waals surface area contributed by atoms with Crippen LogP contribution in [-0.4, -0.2) is 62.5 Å². The third kappa shape index (κ3) is 5.01. The lowest BCUT2D eigenvalue weighted by molar-refractivity contribution is -0.0138. The molecule has 3 heterocycles. The molecular weight excluding hydrogens is 471 g/mol. The highest BCUT2D eigenvalue weighted by Crippen LogP contribution is 2.33. The number of guanidine groups is 1. The van der Waals surface area contributed by atoms with Gasteiger partial charge in [-0.2, -0.15) is 0 Å². The molecule has 0 amide bonds. The van der Waals surface area contributed by atoms with Gasteiger partial charge in [-0.05, 0) is 50.9 Å². The molecule has 2 fully saturated rings. The fourth-order valence-corrected chi connectivity index (χ4v) is 4.18. The first kappa shape index (κ1) is 21.4. The van der Waals surface area contributed by atoms with Gasteiger partial charge in [-0.25, -0.2) is 0 Å². The number of aliphatic imine (C=N–C) groups is 1. The highest BCUT2D eigenvalue weighted by molar-refractivity contribution is 14.0. The molecule has 0 radical (unpaired) electrons. The molecule has 28 heavy (non-hydrogen) atoms. The van der Waals surface area contributed by atoms with Crippen molar-refractivity contribution >= 4 is 35.6 Å². The van der Waals surface area contributed by atoms with Crippen molar-refractivity contribution in [2.75, 3.05) is 51.4 Å². The number of rotatable bonds is 4. The molecule has 7 nitrogen and oxygen atoms in total. The highest BCUT2D eigenvalue weighted by Gasteiger charge is 2.39. The van der Waals surface area contributed by atoms with Gasteiger partial charge in [0.15, 0.2) is 17.5 Å². The maximum atomic E-state index is 6.20. The van der Waals surface area contributed by atoms with Crippen molar-refractivity contribution in [3.05, 3.63) is 18.2 Å². The van der Waals surface area contributed by atoms with E-state index in [9.17, 15) is 0 Å². The summed E-state index contributed by atoms with van der Waals surface area (Å²) >= 11 is 0. The Bertz CT molecular complexity index is 673. The number of hydrogen-bond donors (Lipinski definition) is 2. The lowest BCUT2D eigenvalue weighted by Crippen LogP contribution is -2.53. The number of ether oxygens (including phenoxy) is 3. The molecule has 4 rings (SSSR count). The van der Waals surface area contributed by atoms with E-state index in [-0.39, 0.29) is 29.5 Å². The summed E-state index contributed by atoms with van der Waals surface area (Å²) in [5.74, 6) is 1.97. The molecule has 2 saturated heterocycles. The normalized spacial score (nSPS) is 22.2. The largest absolute Gasteiger partial charge is 0.490 e. The summed E-state index contributed by atoms with van der Waals surface area (Å²) in [6.07, 6.45) is 5.49. The van der Waals surface area contributed by atoms with Crippen molar-refractivity contribution in [2.24, 2.45) is 10.7 Å². The maximum absolute atomic E-state index is 6.20. The minimum atomic E-state index is 0. The molecule has 3 N–H and O–H groups in total. The fourth-order valence-electron chi connectivity index (χ4n) is 4.18. The Kier molecular flexibility index (Phi) is 7.64. The molecule has 0 aliphatic carbocycles. The van der Waals surface area contributed by atoms with Crippen molar-refractivity contribution in [1.29, 1.82) is 0 Å². The summed E-state index contributed by atoms with van der Waals surface area (Å²) in [6.45, 7) is 5.99. The van der Waals surface area contributed by atoms with Crippen LogP contribution >= 0.6 is 24.0 Å². The Hall–Kier alpha value is -1.26. The number of nitrogens with two attached hydrogens (primary N) is 1. The van der Waals surface area contributed by atoms with E-state index in [2.05, 4.69) is 10.2 Å². The van der Waals surface area contributed by atoms with Gasteiger partial charge in [-0.3, -0.25) is 9.89 Å². The molecule has 0 unspecified atom stereocenters. The lowest BCUT2D eigenvalue weighted by atomic mass is 9.88. The van der Waals surface area contributed by atoms with Crippen molar-refractivity contribution in [2.45, 2.75) is 37.6 Å². The Morgan fingerprint density at radius 3 is 2.50 bits per heavy atom. The standard InChI is InChI=1S/C20H30N4O3.HI/c21-19(23-16-4-5-17-18(14-16)27-11-3-10-26-17)22-15-20(6-12-25-13-7-20)24-8-1-2-9-24;/h4-5,14H,1-3,6-13,15H2,(H3,21,22,23);1H. The minimum absolute atomic E-state index is 0. The zero-order valence-electron chi connectivity index (χ0n) is 16.3. The molecule has 1 aromatic carbocycles. The molecule has 8 heteroatoms. The first-order chi connectivity index (χ1) is 13.3. The third-order valence-electron chi connectivity index (χ3n) is 5.76. The second kappa shape index (κ2) is 9.98. The summed E-state index contributed by atoms with van der Waals surface area (Å²) in [7, 11) is 0. The molecule has 156 valence electrons. The number of nitrogens with zero attached hydrogens (tertiary/aromatic N) is 2. The van der Waals surface area contributed by atoms with Crippen LogP contribution in [0.25, 0.3) is 0 Å². The van der Waals surface area contributed by atoms with Gasteiger partial charge >= 0.3 is 0 Å². The predicted molar refractivity (Wildman–Crippen MR) is 121 cm³/mol. The monoisotopic (exact) mass is 502 g/mol. The van der Waals surface area contributed by atoms with E-state index in [1.807, 2.05) is 18.2 Å². The minimum Gasteiger partial charge on any atom is -0.490 e. The number of likely N-dealkylation sites (tertiary alicyclic amines) is 1. The molecule has 1 aromatic rings. The van der Waals surface area contributed by atoms with E-state index in [0.29, 0.717) is 25.7 Å². The summed E-state index contributed by atoms with van der Waals surface area (Å²) in [5.41, 5.74) is 7.16. The van der Waals surface area contributed by atoms with Gasteiger partial charge in [0.1, 0.15) is 0 Å². The van der Waals surface area contributed by atoms with Crippen molar-refractivity contribution in [3.63, 3.8) is 0 Å². The van der Waals surface area contributed by atoms with Crippen LogP contribution in [0.4, 0.5) is 5.69 Å². The van der Waals surface area contributed by atoms with Gasteiger partial charge in [0.25, 0.3) is 0 Å². The average Bonchev–Trinajstić information content (AvgIpc) is 3.14. The second-order valence-corrected chi connectivity index (χ2v) is 7.57. The van der Waals surface area contributed by atoms with E-state index in [4.69, 9.17) is 24.9 Å². The number of anilines is 1. The molecular formula is C20H31IN4O3. The van der Waals surface area contributed by atoms with E-state index in [1.54, 1.807) is 0 Å². The molecule has 3 aliphatic heterocycles. The van der Waals surface area contributed by atoms with Gasteiger partial charge in [0, 0.05) is 36.9 Å². The molecule has 0 aromatic heterocycles. The van der Waals surface area contributed by atoms with Crippen LogP contribution in [0.5, 0.6) is 11.5 Å². The molecule has 0 bridgehead atoms. The first-order valence-electron chi connectivity index (χ1n) is 10.0. The Morgan fingerprint density at radius 1 is 1.04 bits per heavy atom. The van der Waals surface area contributed by atoms with Crippen LogP contribution in [0, 0.1) is 0 Å². The third-order valence-corrected chi connectivity index (χ3v) is 5.76. The number of nitrogens with one attached hydrogen (secondary N) is 1. The Morgan fingerprint density at radius 2 is 1.75 bits per heavy atom. The molecule has 0 saturated carbocycles. The molecule has 3 aliphatic rings. The smallest absolute Gasteiger partial charge is 0.193 e. The SMILES string of the molecule is I.NC(=NCC1(N2CCCC2)CCOCC1)Nc1ccc2c(c1)OCCCO2. The van der Waals surface area contributed by atoms with Crippen LogP contribution < -0.4 is 20.5 Å². The second-order valence-electron chi connectivity index (χ2n) is 7.57. The number of hydrogen-bond acceptors (Lipinski definition) is 5.